The molecular weight excluding hydrogens is 454 g/mol. The van der Waals surface area contributed by atoms with Gasteiger partial charge in [0.05, 0.1) is 10.5 Å². The maximum absolute atomic E-state index is 12.5. The normalized spacial score (nSPS) is 14.6. The van der Waals surface area contributed by atoms with Crippen LogP contribution < -0.4 is 10.0 Å². The van der Waals surface area contributed by atoms with Gasteiger partial charge in [-0.3, -0.25) is 14.3 Å². The third-order valence-electron chi connectivity index (χ3n) is 4.67. The fraction of sp³-hybridized carbons (Fsp3) is 0.0476. The SMILES string of the molecule is O=C(CN1C(=O)c2ccccc2S1(=O)=O)Nc1ccc(S(=O)(=O)Nc2ccccc2)cc1. The molecule has 164 valence electrons. The van der Waals surface area contributed by atoms with Gasteiger partial charge in [0.1, 0.15) is 11.4 Å². The monoisotopic (exact) mass is 471 g/mol. The molecule has 0 aliphatic carbocycles. The van der Waals surface area contributed by atoms with E-state index in [1.54, 1.807) is 30.3 Å². The predicted molar refractivity (Wildman–Crippen MR) is 117 cm³/mol. The number of nitrogens with one attached hydrogen (secondary N) is 2. The van der Waals surface area contributed by atoms with E-state index in [2.05, 4.69) is 10.0 Å². The van der Waals surface area contributed by atoms with Crippen molar-refractivity contribution >= 4 is 43.2 Å². The Labute approximate surface area is 184 Å². The Morgan fingerprint density at radius 1 is 0.844 bits per heavy atom. The van der Waals surface area contributed by atoms with Crippen LogP contribution in [0.2, 0.25) is 0 Å². The summed E-state index contributed by atoms with van der Waals surface area (Å²) in [5, 5.41) is 2.47. The number of hydrogen-bond donors (Lipinski definition) is 2. The Morgan fingerprint density at radius 2 is 1.47 bits per heavy atom. The van der Waals surface area contributed by atoms with Crippen molar-refractivity contribution < 1.29 is 26.4 Å². The second kappa shape index (κ2) is 8.09. The van der Waals surface area contributed by atoms with E-state index in [1.165, 1.54) is 48.5 Å². The lowest BCUT2D eigenvalue weighted by atomic mass is 10.2. The Hall–Kier alpha value is -3.70. The third-order valence-corrected chi connectivity index (χ3v) is 7.86. The molecule has 4 rings (SSSR count). The van der Waals surface area contributed by atoms with Crippen LogP contribution in [0.4, 0.5) is 11.4 Å². The minimum absolute atomic E-state index is 0.0146. The minimum atomic E-state index is -4.10. The molecule has 1 aliphatic heterocycles. The second-order valence-corrected chi connectivity index (χ2v) is 10.4. The van der Waals surface area contributed by atoms with Crippen LogP contribution in [0, 0.1) is 0 Å². The first-order valence-electron chi connectivity index (χ1n) is 9.32. The van der Waals surface area contributed by atoms with Gasteiger partial charge in [0.15, 0.2) is 0 Å². The summed E-state index contributed by atoms with van der Waals surface area (Å²) in [4.78, 5) is 24.6. The number of para-hydroxylation sites is 1. The highest BCUT2D eigenvalue weighted by molar-refractivity contribution is 7.92. The highest BCUT2D eigenvalue weighted by atomic mass is 32.2. The molecule has 0 unspecified atom stereocenters. The lowest BCUT2D eigenvalue weighted by Gasteiger charge is -2.15. The number of amides is 2. The van der Waals surface area contributed by atoms with Crippen molar-refractivity contribution in [3.8, 4) is 0 Å². The van der Waals surface area contributed by atoms with Gasteiger partial charge in [-0.1, -0.05) is 30.3 Å². The summed E-state index contributed by atoms with van der Waals surface area (Å²) in [6.45, 7) is -0.703. The molecule has 0 fully saturated rings. The highest BCUT2D eigenvalue weighted by Crippen LogP contribution is 2.29. The van der Waals surface area contributed by atoms with Gasteiger partial charge < -0.3 is 5.32 Å². The number of hydrogen-bond acceptors (Lipinski definition) is 6. The lowest BCUT2D eigenvalue weighted by molar-refractivity contribution is -0.116. The molecule has 3 aromatic rings. The van der Waals surface area contributed by atoms with E-state index in [0.717, 1.165) is 0 Å². The van der Waals surface area contributed by atoms with Crippen LogP contribution in [0.1, 0.15) is 10.4 Å². The van der Waals surface area contributed by atoms with Crippen molar-refractivity contribution in [3.05, 3.63) is 84.4 Å². The van der Waals surface area contributed by atoms with Crippen LogP contribution in [0.15, 0.2) is 88.7 Å². The second-order valence-electron chi connectivity index (χ2n) is 6.86. The predicted octanol–water partition coefficient (Wildman–Crippen LogP) is 2.27. The number of anilines is 2. The van der Waals surface area contributed by atoms with Crippen molar-refractivity contribution in [2.75, 3.05) is 16.6 Å². The topological polar surface area (TPSA) is 130 Å². The summed E-state index contributed by atoms with van der Waals surface area (Å²) in [6, 6.07) is 19.4. The molecule has 0 saturated carbocycles. The zero-order chi connectivity index (χ0) is 22.9. The van der Waals surface area contributed by atoms with Crippen molar-refractivity contribution in [2.45, 2.75) is 9.79 Å². The number of fused-ring (bicyclic) bond motifs is 1. The molecule has 0 spiro atoms. The van der Waals surface area contributed by atoms with Crippen molar-refractivity contribution in [1.82, 2.24) is 4.31 Å². The number of carbonyl (C=O) groups excluding carboxylic acids is 2. The van der Waals surface area contributed by atoms with Gasteiger partial charge in [-0.15, -0.1) is 0 Å². The van der Waals surface area contributed by atoms with E-state index >= 15 is 0 Å². The van der Waals surface area contributed by atoms with Gasteiger partial charge in [0.25, 0.3) is 26.0 Å². The first-order valence-corrected chi connectivity index (χ1v) is 12.2. The van der Waals surface area contributed by atoms with Crippen LogP contribution in [-0.4, -0.2) is 39.5 Å². The van der Waals surface area contributed by atoms with Gasteiger partial charge >= 0.3 is 0 Å². The first-order chi connectivity index (χ1) is 15.2. The zero-order valence-electron chi connectivity index (χ0n) is 16.4. The molecule has 2 N–H and O–H groups in total. The Balaban J connectivity index is 1.44. The average molecular weight is 472 g/mol. The molecule has 0 bridgehead atoms. The van der Waals surface area contributed by atoms with Crippen LogP contribution in [-0.2, 0) is 24.8 Å². The van der Waals surface area contributed by atoms with Crippen LogP contribution in [0.5, 0.6) is 0 Å². The molecule has 2 amide bonds. The van der Waals surface area contributed by atoms with E-state index in [1.807, 2.05) is 0 Å². The number of carbonyl (C=O) groups is 2. The van der Waals surface area contributed by atoms with Gasteiger partial charge in [-0.25, -0.2) is 21.1 Å². The Morgan fingerprint density at radius 3 is 2.12 bits per heavy atom. The standard InChI is InChI=1S/C21H17N3O6S2/c25-20(14-24-21(26)18-8-4-5-9-19(18)32(24,29)30)22-15-10-12-17(13-11-15)31(27,28)23-16-6-2-1-3-7-16/h1-13,23H,14H2,(H,22,25). The van der Waals surface area contributed by atoms with Crippen molar-refractivity contribution in [1.29, 1.82) is 0 Å². The van der Waals surface area contributed by atoms with Crippen LogP contribution in [0.25, 0.3) is 0 Å². The molecule has 0 aromatic heterocycles. The van der Waals surface area contributed by atoms with E-state index in [4.69, 9.17) is 0 Å². The van der Waals surface area contributed by atoms with Crippen molar-refractivity contribution in [2.24, 2.45) is 0 Å². The van der Waals surface area contributed by atoms with Gasteiger partial charge in [0.2, 0.25) is 5.91 Å². The maximum atomic E-state index is 12.5. The Bertz CT molecular complexity index is 1400. The average Bonchev–Trinajstić information content (AvgIpc) is 2.95. The van der Waals surface area contributed by atoms with Crippen molar-refractivity contribution in [3.63, 3.8) is 0 Å². The summed E-state index contributed by atoms with van der Waals surface area (Å²) in [5.41, 5.74) is 0.665. The molecule has 0 radical (unpaired) electrons. The molecule has 0 saturated heterocycles. The summed E-state index contributed by atoms with van der Waals surface area (Å²) >= 11 is 0. The largest absolute Gasteiger partial charge is 0.325 e. The summed E-state index contributed by atoms with van der Waals surface area (Å²) < 4.78 is 53.0. The summed E-state index contributed by atoms with van der Waals surface area (Å²) in [7, 11) is -7.93. The van der Waals surface area contributed by atoms with Gasteiger partial charge in [0, 0.05) is 11.4 Å². The summed E-state index contributed by atoms with van der Waals surface area (Å²) in [5.74, 6) is -1.52. The van der Waals surface area contributed by atoms with Gasteiger partial charge in [-0.05, 0) is 48.5 Å². The fourth-order valence-electron chi connectivity index (χ4n) is 3.16. The highest BCUT2D eigenvalue weighted by Gasteiger charge is 2.41. The summed E-state index contributed by atoms with van der Waals surface area (Å²) in [6.07, 6.45) is 0. The Kier molecular flexibility index (Phi) is 5.45. The maximum Gasteiger partial charge on any atom is 0.269 e. The number of rotatable bonds is 6. The minimum Gasteiger partial charge on any atom is -0.325 e. The van der Waals surface area contributed by atoms with E-state index in [-0.39, 0.29) is 21.0 Å². The number of benzene rings is 3. The van der Waals surface area contributed by atoms with Crippen LogP contribution in [0.3, 0.4) is 0 Å². The molecular formula is C21H17N3O6S2. The zero-order valence-corrected chi connectivity index (χ0v) is 18.1. The molecule has 9 nitrogen and oxygen atoms in total. The fourth-order valence-corrected chi connectivity index (χ4v) is 5.74. The van der Waals surface area contributed by atoms with E-state index in [0.29, 0.717) is 9.99 Å². The molecule has 1 aliphatic rings. The third kappa shape index (κ3) is 4.07. The molecule has 11 heteroatoms. The number of sulfonamides is 2. The first kappa shape index (κ1) is 21.5. The lowest BCUT2D eigenvalue weighted by Crippen LogP contribution is -2.37. The molecule has 32 heavy (non-hydrogen) atoms. The van der Waals surface area contributed by atoms with E-state index in [9.17, 15) is 26.4 Å². The molecule has 0 atom stereocenters. The quantitative estimate of drug-likeness (QED) is 0.567. The van der Waals surface area contributed by atoms with E-state index < -0.39 is 38.4 Å². The van der Waals surface area contributed by atoms with Crippen LogP contribution >= 0.6 is 0 Å². The van der Waals surface area contributed by atoms with Gasteiger partial charge in [-0.2, -0.15) is 0 Å². The molecule has 1 heterocycles. The smallest absolute Gasteiger partial charge is 0.269 e. The number of nitrogens with zero attached hydrogens (tertiary/aromatic N) is 1. The molecule has 3 aromatic carbocycles.